The third kappa shape index (κ3) is 10.7. The van der Waals surface area contributed by atoms with Gasteiger partial charge in [-0.15, -0.1) is 0 Å². The molecule has 16 heteroatoms. The van der Waals surface area contributed by atoms with E-state index in [1.807, 2.05) is 24.7 Å². The Kier molecular flexibility index (Phi) is 11.5. The van der Waals surface area contributed by atoms with Crippen LogP contribution in [0.4, 0.5) is 32.3 Å². The molecule has 0 aliphatic carbocycles. The van der Waals surface area contributed by atoms with Crippen LogP contribution in [-0.2, 0) is 27.3 Å². The van der Waals surface area contributed by atoms with Gasteiger partial charge in [-0.1, -0.05) is 6.92 Å². The number of rotatable bonds is 4. The average Bonchev–Trinajstić information content (AvgIpc) is 3.28. The molecule has 39 heavy (non-hydrogen) atoms. The largest absolute Gasteiger partial charge is 0.490 e. The Morgan fingerprint density at radius 3 is 2.08 bits per heavy atom. The number of hydrogen-bond acceptors (Lipinski definition) is 8. The van der Waals surface area contributed by atoms with Crippen LogP contribution < -0.4 is 4.90 Å². The smallest absolute Gasteiger partial charge is 0.475 e. The van der Waals surface area contributed by atoms with Crippen LogP contribution in [0.5, 0.6) is 0 Å². The Hall–Kier alpha value is -3.40. The number of carboxylic acids is 2. The lowest BCUT2D eigenvalue weighted by molar-refractivity contribution is -0.193. The summed E-state index contributed by atoms with van der Waals surface area (Å²) >= 11 is 0. The van der Waals surface area contributed by atoms with Gasteiger partial charge in [-0.05, 0) is 31.0 Å². The van der Waals surface area contributed by atoms with Gasteiger partial charge in [-0.25, -0.2) is 19.6 Å². The van der Waals surface area contributed by atoms with E-state index in [4.69, 9.17) is 29.0 Å². The number of furan rings is 1. The van der Waals surface area contributed by atoms with Crippen molar-refractivity contribution in [2.24, 2.45) is 5.92 Å². The quantitative estimate of drug-likeness (QED) is 0.526. The molecule has 218 valence electrons. The lowest BCUT2D eigenvalue weighted by atomic mass is 9.93. The first-order valence-corrected chi connectivity index (χ1v) is 11.7. The monoisotopic (exact) mass is 570 g/mol. The lowest BCUT2D eigenvalue weighted by Crippen LogP contribution is -2.46. The first-order valence-electron chi connectivity index (χ1n) is 11.7. The summed E-state index contributed by atoms with van der Waals surface area (Å²) < 4.78 is 74.8. The molecule has 0 unspecified atom stereocenters. The molecule has 10 nitrogen and oxygen atoms in total. The Morgan fingerprint density at radius 2 is 1.59 bits per heavy atom. The zero-order valence-electron chi connectivity index (χ0n) is 20.8. The molecule has 2 aliphatic heterocycles. The van der Waals surface area contributed by atoms with E-state index < -0.39 is 24.3 Å². The number of likely N-dealkylation sites (tertiary alicyclic amines) is 1. The highest BCUT2D eigenvalue weighted by Gasteiger charge is 2.39. The van der Waals surface area contributed by atoms with Gasteiger partial charge in [0.25, 0.3) is 0 Å². The minimum Gasteiger partial charge on any atom is -0.475 e. The Labute approximate surface area is 219 Å². The standard InChI is InChI=1S/C19H26N4O2.2C2HF3O2/c1-2-15-9-20-19(21-10-15)23-6-8-25-18-13-22(5-3-17(18)12-23)11-16-4-7-24-14-16;2*3-2(4,5)1(6)7/h4,7,9-10,14,17-18H,2-3,5-6,8,11-13H2,1H3;2*(H,6,7)/t17-,18-;;/m1../s1. The number of fused-ring (bicyclic) bond motifs is 1. The summed E-state index contributed by atoms with van der Waals surface area (Å²) in [4.78, 5) is 31.7. The molecular weight excluding hydrogens is 542 g/mol. The van der Waals surface area contributed by atoms with Gasteiger partial charge in [0.05, 0.1) is 25.2 Å². The second-order valence-electron chi connectivity index (χ2n) is 8.62. The maximum absolute atomic E-state index is 10.6. The minimum atomic E-state index is -5.08. The summed E-state index contributed by atoms with van der Waals surface area (Å²) in [5.41, 5.74) is 2.42. The van der Waals surface area contributed by atoms with Crippen molar-refractivity contribution in [2.75, 3.05) is 37.7 Å². The van der Waals surface area contributed by atoms with Crippen molar-refractivity contribution >= 4 is 17.9 Å². The zero-order chi connectivity index (χ0) is 29.2. The molecule has 0 aromatic carbocycles. The molecule has 2 aromatic heterocycles. The third-order valence-electron chi connectivity index (χ3n) is 5.78. The van der Waals surface area contributed by atoms with Crippen molar-refractivity contribution < 1.29 is 55.3 Å². The van der Waals surface area contributed by atoms with Crippen LogP contribution in [0.15, 0.2) is 35.4 Å². The van der Waals surface area contributed by atoms with Crippen LogP contribution >= 0.6 is 0 Å². The summed E-state index contributed by atoms with van der Waals surface area (Å²) in [5, 5.41) is 14.2. The topological polar surface area (TPSA) is 129 Å². The molecule has 0 radical (unpaired) electrons. The number of hydrogen-bond donors (Lipinski definition) is 2. The van der Waals surface area contributed by atoms with Crippen LogP contribution in [0.1, 0.15) is 24.5 Å². The molecule has 0 spiro atoms. The number of halogens is 6. The summed E-state index contributed by atoms with van der Waals surface area (Å²) in [7, 11) is 0. The van der Waals surface area contributed by atoms with E-state index in [9.17, 15) is 26.3 Å². The van der Waals surface area contributed by atoms with Gasteiger partial charge in [0.15, 0.2) is 0 Å². The molecule has 0 bridgehead atoms. The molecule has 4 rings (SSSR count). The summed E-state index contributed by atoms with van der Waals surface area (Å²) in [6.07, 6.45) is -0.295. The molecule has 2 aromatic rings. The van der Waals surface area contributed by atoms with Crippen LogP contribution in [0.3, 0.4) is 0 Å². The van der Waals surface area contributed by atoms with Crippen molar-refractivity contribution in [1.82, 2.24) is 14.9 Å². The fourth-order valence-corrected chi connectivity index (χ4v) is 3.78. The first-order chi connectivity index (χ1) is 18.2. The van der Waals surface area contributed by atoms with Crippen molar-refractivity contribution in [3.05, 3.63) is 42.1 Å². The summed E-state index contributed by atoms with van der Waals surface area (Å²) in [6.45, 7) is 7.72. The van der Waals surface area contributed by atoms with E-state index >= 15 is 0 Å². The molecular formula is C23H28F6N4O6. The molecule has 2 saturated heterocycles. The van der Waals surface area contributed by atoms with E-state index in [0.29, 0.717) is 12.0 Å². The van der Waals surface area contributed by atoms with Gasteiger partial charge in [0, 0.05) is 50.1 Å². The van der Waals surface area contributed by atoms with Crippen LogP contribution in [0, 0.1) is 5.92 Å². The van der Waals surface area contributed by atoms with Crippen molar-refractivity contribution in [3.63, 3.8) is 0 Å². The highest BCUT2D eigenvalue weighted by molar-refractivity contribution is 5.73. The van der Waals surface area contributed by atoms with E-state index in [1.54, 1.807) is 6.26 Å². The number of nitrogens with zero attached hydrogens (tertiary/aromatic N) is 4. The van der Waals surface area contributed by atoms with Crippen molar-refractivity contribution in [1.29, 1.82) is 0 Å². The van der Waals surface area contributed by atoms with E-state index in [-0.39, 0.29) is 0 Å². The number of aliphatic carboxylic acids is 2. The number of anilines is 1. The van der Waals surface area contributed by atoms with Crippen molar-refractivity contribution in [2.45, 2.75) is 44.8 Å². The average molecular weight is 570 g/mol. The minimum absolute atomic E-state index is 0.292. The second-order valence-corrected chi connectivity index (χ2v) is 8.62. The maximum Gasteiger partial charge on any atom is 0.490 e. The van der Waals surface area contributed by atoms with E-state index in [2.05, 4.69) is 26.7 Å². The lowest BCUT2D eigenvalue weighted by Gasteiger charge is -2.37. The number of aryl methyl sites for hydroxylation is 1. The highest BCUT2D eigenvalue weighted by Crippen LogP contribution is 2.26. The Bertz CT molecular complexity index is 1010. The number of carboxylic acid groups (broad SMARTS) is 2. The Morgan fingerprint density at radius 1 is 1.00 bits per heavy atom. The number of aromatic nitrogens is 2. The van der Waals surface area contributed by atoms with Crippen molar-refractivity contribution in [3.8, 4) is 0 Å². The van der Waals surface area contributed by atoms with Gasteiger partial charge in [0.1, 0.15) is 0 Å². The number of ether oxygens (including phenoxy) is 1. The number of piperidine rings is 1. The van der Waals surface area contributed by atoms with Gasteiger partial charge < -0.3 is 24.3 Å². The van der Waals surface area contributed by atoms with Gasteiger partial charge in [0.2, 0.25) is 5.95 Å². The fraction of sp³-hybridized carbons (Fsp3) is 0.565. The van der Waals surface area contributed by atoms with Crippen LogP contribution in [-0.4, -0.2) is 88.3 Å². The number of carbonyl (C=O) groups is 2. The summed E-state index contributed by atoms with van der Waals surface area (Å²) in [5.74, 6) is -4.14. The molecule has 2 atom stereocenters. The SMILES string of the molecule is CCc1cnc(N2CCO[C@@H]3CN(Cc4ccoc4)CC[C@@H]3C2)nc1.O=C(O)C(F)(F)F.O=C(O)C(F)(F)F. The Balaban J connectivity index is 0.000000317. The number of alkyl halides is 6. The van der Waals surface area contributed by atoms with E-state index in [1.165, 1.54) is 11.1 Å². The van der Waals surface area contributed by atoms with Crippen LogP contribution in [0.2, 0.25) is 0 Å². The second kappa shape index (κ2) is 14.1. The normalized spacial score (nSPS) is 19.9. The predicted molar refractivity (Wildman–Crippen MR) is 123 cm³/mol. The molecule has 2 aliphatic rings. The highest BCUT2D eigenvalue weighted by atomic mass is 19.4. The molecule has 4 heterocycles. The first kappa shape index (κ1) is 31.8. The molecule has 0 amide bonds. The van der Waals surface area contributed by atoms with Crippen LogP contribution in [0.25, 0.3) is 0 Å². The maximum atomic E-state index is 10.6. The molecule has 0 saturated carbocycles. The predicted octanol–water partition coefficient (Wildman–Crippen LogP) is 3.63. The molecule has 2 fully saturated rings. The molecule has 2 N–H and O–H groups in total. The van der Waals surface area contributed by atoms with Gasteiger partial charge in [-0.2, -0.15) is 26.3 Å². The van der Waals surface area contributed by atoms with E-state index in [0.717, 1.165) is 58.1 Å². The third-order valence-corrected chi connectivity index (χ3v) is 5.78. The van der Waals surface area contributed by atoms with Gasteiger partial charge in [-0.3, -0.25) is 4.90 Å². The van der Waals surface area contributed by atoms with Gasteiger partial charge >= 0.3 is 24.3 Å². The summed E-state index contributed by atoms with van der Waals surface area (Å²) in [6, 6.07) is 2.04. The fourth-order valence-electron chi connectivity index (χ4n) is 3.78. The zero-order valence-corrected chi connectivity index (χ0v) is 20.8.